The summed E-state index contributed by atoms with van der Waals surface area (Å²) in [4.78, 5) is 37.3. The normalized spacial score (nSPS) is 11.6. The van der Waals surface area contributed by atoms with Gasteiger partial charge >= 0.3 is 17.8 Å². The molecule has 168 valence electrons. The predicted molar refractivity (Wildman–Crippen MR) is 109 cm³/mol. The molecule has 0 aliphatic carbocycles. The van der Waals surface area contributed by atoms with E-state index in [1.807, 2.05) is 0 Å². The van der Waals surface area contributed by atoms with Crippen LogP contribution >= 0.6 is 0 Å². The molecule has 1 unspecified atom stereocenters. The zero-order chi connectivity index (χ0) is 23.9. The Labute approximate surface area is 182 Å². The number of rotatable bonds is 8. The number of aryl methyl sites for hydroxylation is 1. The van der Waals surface area contributed by atoms with Crippen LogP contribution in [0.3, 0.4) is 0 Å². The zero-order valence-corrected chi connectivity index (χ0v) is 17.7. The van der Waals surface area contributed by atoms with Gasteiger partial charge in [0.15, 0.2) is 0 Å². The Morgan fingerprint density at radius 3 is 2.25 bits per heavy atom. The minimum absolute atomic E-state index is 0.0145. The Hall–Kier alpha value is -4.09. The highest BCUT2D eigenvalue weighted by atomic mass is 32.2. The number of hydrogen-bond acceptors (Lipinski definition) is 8. The minimum atomic E-state index is -4.32. The molecule has 1 atom stereocenters. The molecule has 0 aromatic heterocycles. The van der Waals surface area contributed by atoms with Gasteiger partial charge in [0.2, 0.25) is 6.10 Å². The van der Waals surface area contributed by atoms with Gasteiger partial charge in [-0.25, -0.2) is 22.7 Å². The highest BCUT2D eigenvalue weighted by Gasteiger charge is 2.38. The smallest absolute Gasteiger partial charge is 0.422 e. The first-order chi connectivity index (χ1) is 15.1. The molecule has 0 spiro atoms. The second-order valence-corrected chi connectivity index (χ2v) is 7.94. The molecular weight excluding hydrogens is 444 g/mol. The van der Waals surface area contributed by atoms with E-state index in [4.69, 9.17) is 9.47 Å². The quantitative estimate of drug-likeness (QED) is 0.155. The summed E-state index contributed by atoms with van der Waals surface area (Å²) in [6.45, 7) is 3.13. The van der Waals surface area contributed by atoms with Gasteiger partial charge in [-0.3, -0.25) is 10.1 Å². The number of sulfonamides is 1. The first-order valence-corrected chi connectivity index (χ1v) is 10.5. The summed E-state index contributed by atoms with van der Waals surface area (Å²) in [5, 5.41) is 10.9. The van der Waals surface area contributed by atoms with Gasteiger partial charge < -0.3 is 15.0 Å². The average Bonchev–Trinajstić information content (AvgIpc) is 2.73. The van der Waals surface area contributed by atoms with Gasteiger partial charge in [-0.1, -0.05) is 17.7 Å². The molecule has 0 aliphatic rings. The van der Waals surface area contributed by atoms with Crippen LogP contribution in [0.15, 0.2) is 53.4 Å². The van der Waals surface area contributed by atoms with E-state index >= 15 is 0 Å². The number of amides is 1. The van der Waals surface area contributed by atoms with Crippen molar-refractivity contribution in [1.29, 1.82) is 0 Å². The lowest BCUT2D eigenvalue weighted by Crippen LogP contribution is -2.36. The number of ether oxygens (including phenoxy) is 2. The molecule has 0 radical (unpaired) electrons. The molecule has 32 heavy (non-hydrogen) atoms. The van der Waals surface area contributed by atoms with Gasteiger partial charge in [0.25, 0.3) is 15.7 Å². The molecule has 0 aliphatic heterocycles. The average molecular weight is 462 g/mol. The van der Waals surface area contributed by atoms with E-state index in [1.54, 1.807) is 11.6 Å². The molecule has 0 saturated carbocycles. The molecule has 0 saturated heterocycles. The fraction of sp³-hybridized carbons (Fsp3) is 0.211. The van der Waals surface area contributed by atoms with Gasteiger partial charge in [-0.05, 0) is 38.1 Å². The van der Waals surface area contributed by atoms with Gasteiger partial charge in [-0.2, -0.15) is 4.79 Å². The van der Waals surface area contributed by atoms with Crippen molar-refractivity contribution in [2.45, 2.75) is 24.8 Å². The van der Waals surface area contributed by atoms with Gasteiger partial charge in [-0.15, -0.1) is 0 Å². The zero-order valence-electron chi connectivity index (χ0n) is 16.9. The third-order valence-electron chi connectivity index (χ3n) is 4.02. The Kier molecular flexibility index (Phi) is 7.77. The fourth-order valence-corrected chi connectivity index (χ4v) is 3.35. The monoisotopic (exact) mass is 462 g/mol. The molecular formula is C19H18N4O8S. The fourth-order valence-electron chi connectivity index (χ4n) is 2.48. The number of hydrogen-bond donors (Lipinski definition) is 1. The van der Waals surface area contributed by atoms with Crippen molar-refractivity contribution >= 4 is 33.5 Å². The molecule has 1 N–H and O–H groups in total. The third-order valence-corrected chi connectivity index (χ3v) is 5.35. The molecule has 1 amide bonds. The van der Waals surface area contributed by atoms with Crippen molar-refractivity contribution in [2.75, 3.05) is 6.61 Å². The van der Waals surface area contributed by atoms with E-state index in [9.17, 15) is 33.7 Å². The van der Waals surface area contributed by atoms with Crippen LogP contribution < -0.4 is 4.72 Å². The van der Waals surface area contributed by atoms with Crippen LogP contribution in [-0.2, 0) is 24.3 Å². The number of nitrogens with zero attached hydrogens (tertiary/aromatic N) is 3. The summed E-state index contributed by atoms with van der Waals surface area (Å²) in [5.74, 6) is -1.15. The SMILES string of the molecule is CCOC(=O)C(=[N+]=[N-])C(OC(=O)NS(=O)(=O)c1ccc(C)cc1)c1ccc([N+](=O)[O-])cc1. The molecule has 2 aromatic rings. The van der Waals surface area contributed by atoms with Crippen molar-refractivity contribution in [1.82, 2.24) is 4.72 Å². The number of benzene rings is 2. The Balaban J connectivity index is 2.35. The number of carbonyl (C=O) groups excluding carboxylic acids is 2. The van der Waals surface area contributed by atoms with Crippen LogP contribution in [0.5, 0.6) is 0 Å². The second kappa shape index (κ2) is 10.3. The summed E-state index contributed by atoms with van der Waals surface area (Å²) in [5.41, 5.74) is 9.01. The van der Waals surface area contributed by atoms with Crippen LogP contribution in [0.2, 0.25) is 0 Å². The summed E-state index contributed by atoms with van der Waals surface area (Å²) < 4.78 is 36.3. The highest BCUT2D eigenvalue weighted by molar-refractivity contribution is 7.90. The topological polar surface area (TPSA) is 178 Å². The van der Waals surface area contributed by atoms with E-state index in [0.29, 0.717) is 0 Å². The van der Waals surface area contributed by atoms with E-state index in [-0.39, 0.29) is 22.8 Å². The predicted octanol–water partition coefficient (Wildman–Crippen LogP) is 2.29. The minimum Gasteiger partial charge on any atom is -0.457 e. The number of non-ortho nitro benzene ring substituents is 1. The van der Waals surface area contributed by atoms with Gasteiger partial charge in [0, 0.05) is 17.7 Å². The number of esters is 1. The largest absolute Gasteiger partial charge is 0.457 e. The Morgan fingerprint density at radius 1 is 1.16 bits per heavy atom. The number of carbonyl (C=O) groups is 2. The highest BCUT2D eigenvalue weighted by Crippen LogP contribution is 2.23. The van der Waals surface area contributed by atoms with Crippen LogP contribution in [0.25, 0.3) is 5.53 Å². The van der Waals surface area contributed by atoms with Crippen molar-refractivity contribution in [2.24, 2.45) is 0 Å². The summed E-state index contributed by atoms with van der Waals surface area (Å²) >= 11 is 0. The van der Waals surface area contributed by atoms with Gasteiger partial charge in [0.05, 0.1) is 16.4 Å². The molecule has 2 aromatic carbocycles. The maximum Gasteiger partial charge on any atom is 0.422 e. The van der Waals surface area contributed by atoms with Crippen LogP contribution in [0.4, 0.5) is 10.5 Å². The van der Waals surface area contributed by atoms with E-state index in [1.165, 1.54) is 31.2 Å². The molecule has 0 bridgehead atoms. The summed E-state index contributed by atoms with van der Waals surface area (Å²) in [6, 6.07) is 10.0. The lowest BCUT2D eigenvalue weighted by molar-refractivity contribution is -0.384. The van der Waals surface area contributed by atoms with E-state index in [2.05, 4.69) is 4.79 Å². The molecule has 0 heterocycles. The maximum atomic E-state index is 12.4. The Morgan fingerprint density at radius 2 is 1.75 bits per heavy atom. The lowest BCUT2D eigenvalue weighted by Gasteiger charge is -2.15. The van der Waals surface area contributed by atoms with E-state index in [0.717, 1.165) is 29.8 Å². The number of nitrogens with one attached hydrogen (secondary N) is 1. The lowest BCUT2D eigenvalue weighted by atomic mass is 10.0. The molecule has 13 heteroatoms. The number of nitro groups is 1. The van der Waals surface area contributed by atoms with Crippen molar-refractivity contribution in [3.05, 3.63) is 75.3 Å². The molecule has 2 rings (SSSR count). The number of nitro benzene ring substituents is 1. The first-order valence-electron chi connectivity index (χ1n) is 9.02. The summed E-state index contributed by atoms with van der Waals surface area (Å²) in [7, 11) is -4.32. The second-order valence-electron chi connectivity index (χ2n) is 6.26. The summed E-state index contributed by atoms with van der Waals surface area (Å²) in [6.07, 6.45) is -3.22. The molecule has 12 nitrogen and oxygen atoms in total. The van der Waals surface area contributed by atoms with Gasteiger partial charge in [0.1, 0.15) is 0 Å². The Bertz CT molecular complexity index is 1170. The van der Waals surface area contributed by atoms with Crippen molar-refractivity contribution < 1.29 is 37.2 Å². The van der Waals surface area contributed by atoms with Crippen LogP contribution in [0.1, 0.15) is 24.2 Å². The standard InChI is InChI=1S/C19H18N4O8S/c1-3-30-18(24)16(21-20)17(13-6-8-14(9-7-13)23(26)27)31-19(25)22-32(28,29)15-10-4-12(2)5-11-15/h4-11,17H,3H2,1-2H3,(H,22,25). The van der Waals surface area contributed by atoms with Crippen molar-refractivity contribution in [3.8, 4) is 0 Å². The van der Waals surface area contributed by atoms with Crippen molar-refractivity contribution in [3.63, 3.8) is 0 Å². The first kappa shape index (κ1) is 24.2. The van der Waals surface area contributed by atoms with Crippen LogP contribution in [-0.4, -0.2) is 42.5 Å². The molecule has 0 fully saturated rings. The van der Waals surface area contributed by atoms with E-state index < -0.39 is 38.8 Å². The maximum absolute atomic E-state index is 12.4. The van der Waals surface area contributed by atoms with Crippen LogP contribution in [0, 0.1) is 17.0 Å². The third kappa shape index (κ3) is 5.97.